The normalized spacial score (nSPS) is 26.8. The largest absolute Gasteiger partial charge is 0.341 e. The van der Waals surface area contributed by atoms with Crippen molar-refractivity contribution in [3.63, 3.8) is 0 Å². The molecule has 1 aromatic carbocycles. The fourth-order valence-electron chi connectivity index (χ4n) is 4.37. The van der Waals surface area contributed by atoms with Gasteiger partial charge in [-0.15, -0.1) is 0 Å². The van der Waals surface area contributed by atoms with Crippen LogP contribution in [-0.2, 0) is 16.0 Å². The van der Waals surface area contributed by atoms with Crippen molar-refractivity contribution in [2.24, 2.45) is 11.8 Å². The van der Waals surface area contributed by atoms with Crippen LogP contribution < -0.4 is 10.2 Å². The van der Waals surface area contributed by atoms with Gasteiger partial charge in [0.15, 0.2) is 0 Å². The second-order valence-corrected chi connectivity index (χ2v) is 7.25. The lowest BCUT2D eigenvalue weighted by Gasteiger charge is -2.31. The minimum Gasteiger partial charge on any atom is -0.341 e. The van der Waals surface area contributed by atoms with Gasteiger partial charge < -0.3 is 15.1 Å². The van der Waals surface area contributed by atoms with E-state index in [4.69, 9.17) is 0 Å². The van der Waals surface area contributed by atoms with Crippen molar-refractivity contribution in [3.8, 4) is 0 Å². The number of hydrogen-bond acceptors (Lipinski definition) is 3. The Kier molecular flexibility index (Phi) is 4.27. The fourth-order valence-corrected chi connectivity index (χ4v) is 4.37. The minimum absolute atomic E-state index is 0.0675. The Morgan fingerprint density at radius 3 is 2.54 bits per heavy atom. The van der Waals surface area contributed by atoms with E-state index in [2.05, 4.69) is 11.4 Å². The van der Waals surface area contributed by atoms with Crippen molar-refractivity contribution in [1.82, 2.24) is 10.2 Å². The van der Waals surface area contributed by atoms with E-state index in [1.165, 1.54) is 5.56 Å². The maximum absolute atomic E-state index is 12.8. The molecule has 0 aliphatic carbocycles. The van der Waals surface area contributed by atoms with Crippen LogP contribution in [0.4, 0.5) is 5.69 Å². The highest BCUT2D eigenvalue weighted by Crippen LogP contribution is 2.29. The average Bonchev–Trinajstić information content (AvgIpc) is 2.95. The van der Waals surface area contributed by atoms with Gasteiger partial charge in [-0.25, -0.2) is 0 Å². The van der Waals surface area contributed by atoms with E-state index < -0.39 is 0 Å². The van der Waals surface area contributed by atoms with E-state index in [0.717, 1.165) is 51.1 Å². The summed E-state index contributed by atoms with van der Waals surface area (Å²) < 4.78 is 0. The molecule has 0 spiro atoms. The number of carbonyl (C=O) groups excluding carboxylic acids is 2. The van der Waals surface area contributed by atoms with Crippen LogP contribution in [0.2, 0.25) is 0 Å². The Morgan fingerprint density at radius 2 is 1.79 bits per heavy atom. The van der Waals surface area contributed by atoms with Crippen molar-refractivity contribution in [2.45, 2.75) is 25.7 Å². The lowest BCUT2D eigenvalue weighted by molar-refractivity contribution is -0.131. The van der Waals surface area contributed by atoms with Gasteiger partial charge in [-0.3, -0.25) is 9.59 Å². The number of aryl methyl sites for hydroxylation is 1. The number of carbonyl (C=O) groups is 2. The van der Waals surface area contributed by atoms with Crippen molar-refractivity contribution < 1.29 is 9.59 Å². The molecule has 2 saturated heterocycles. The molecule has 3 heterocycles. The number of nitrogens with zero attached hydrogens (tertiary/aromatic N) is 2. The Morgan fingerprint density at radius 1 is 1.08 bits per heavy atom. The summed E-state index contributed by atoms with van der Waals surface area (Å²) in [7, 11) is 0. The standard InChI is InChI=1S/C19H25N3O2/c23-18-6-5-14-3-1-2-4-17(14)22(18)13-19(24)21-9-7-15-11-20-12-16(15)8-10-21/h1-4,15-16,20H,5-13H2/t15-,16+. The Hall–Kier alpha value is -1.88. The van der Waals surface area contributed by atoms with E-state index in [9.17, 15) is 9.59 Å². The van der Waals surface area contributed by atoms with Crippen LogP contribution in [0.5, 0.6) is 0 Å². The molecule has 0 aromatic heterocycles. The van der Waals surface area contributed by atoms with Crippen LogP contribution in [0.25, 0.3) is 0 Å². The Bertz CT molecular complexity index is 631. The summed E-state index contributed by atoms with van der Waals surface area (Å²) in [5.41, 5.74) is 2.08. The highest BCUT2D eigenvalue weighted by atomic mass is 16.2. The summed E-state index contributed by atoms with van der Waals surface area (Å²) in [5, 5.41) is 3.46. The first-order valence-electron chi connectivity index (χ1n) is 9.09. The molecular weight excluding hydrogens is 302 g/mol. The molecule has 1 aromatic rings. The molecule has 5 nitrogen and oxygen atoms in total. The second kappa shape index (κ2) is 6.55. The Balaban J connectivity index is 1.45. The van der Waals surface area contributed by atoms with Crippen molar-refractivity contribution in [3.05, 3.63) is 29.8 Å². The third-order valence-electron chi connectivity index (χ3n) is 5.86. The summed E-state index contributed by atoms with van der Waals surface area (Å²) in [4.78, 5) is 28.8. The third-order valence-corrected chi connectivity index (χ3v) is 5.86. The van der Waals surface area contributed by atoms with Gasteiger partial charge in [0.05, 0.1) is 0 Å². The van der Waals surface area contributed by atoms with Crippen molar-refractivity contribution in [1.29, 1.82) is 0 Å². The highest BCUT2D eigenvalue weighted by molar-refractivity contribution is 6.01. The summed E-state index contributed by atoms with van der Waals surface area (Å²) in [5.74, 6) is 1.58. The molecule has 1 N–H and O–H groups in total. The molecule has 0 unspecified atom stereocenters. The van der Waals surface area contributed by atoms with Crippen LogP contribution in [0.1, 0.15) is 24.8 Å². The minimum atomic E-state index is 0.0675. The molecule has 0 saturated carbocycles. The summed E-state index contributed by atoms with van der Waals surface area (Å²) in [6.45, 7) is 4.01. The number of benzene rings is 1. The molecule has 128 valence electrons. The molecule has 4 rings (SSSR count). The molecule has 2 atom stereocenters. The predicted molar refractivity (Wildman–Crippen MR) is 92.8 cm³/mol. The van der Waals surface area contributed by atoms with Crippen LogP contribution in [0, 0.1) is 11.8 Å². The first kappa shape index (κ1) is 15.6. The van der Waals surface area contributed by atoms with Gasteiger partial charge in [0.2, 0.25) is 11.8 Å². The predicted octanol–water partition coefficient (Wildman–Crippen LogP) is 1.42. The van der Waals surface area contributed by atoms with Crippen LogP contribution in [0.3, 0.4) is 0 Å². The summed E-state index contributed by atoms with van der Waals surface area (Å²) in [6, 6.07) is 7.95. The molecule has 3 aliphatic rings. The number of amides is 2. The number of nitrogens with one attached hydrogen (secondary N) is 1. The molecule has 2 fully saturated rings. The zero-order valence-corrected chi connectivity index (χ0v) is 14.0. The second-order valence-electron chi connectivity index (χ2n) is 7.25. The van der Waals surface area contributed by atoms with Crippen LogP contribution in [-0.4, -0.2) is 49.4 Å². The average molecular weight is 327 g/mol. The van der Waals surface area contributed by atoms with E-state index in [0.29, 0.717) is 18.3 Å². The number of para-hydroxylation sites is 1. The number of hydrogen-bond donors (Lipinski definition) is 1. The lowest BCUT2D eigenvalue weighted by Crippen LogP contribution is -2.45. The summed E-state index contributed by atoms with van der Waals surface area (Å²) in [6.07, 6.45) is 3.43. The van der Waals surface area contributed by atoms with E-state index in [1.807, 2.05) is 23.1 Å². The third kappa shape index (κ3) is 2.93. The van der Waals surface area contributed by atoms with Gasteiger partial charge in [-0.05, 0) is 55.8 Å². The number of anilines is 1. The van der Waals surface area contributed by atoms with E-state index >= 15 is 0 Å². The zero-order chi connectivity index (χ0) is 16.5. The van der Waals surface area contributed by atoms with E-state index in [1.54, 1.807) is 4.90 Å². The van der Waals surface area contributed by atoms with Crippen LogP contribution in [0.15, 0.2) is 24.3 Å². The van der Waals surface area contributed by atoms with Crippen molar-refractivity contribution >= 4 is 17.5 Å². The topological polar surface area (TPSA) is 52.7 Å². The molecular formula is C19H25N3O2. The molecule has 0 bridgehead atoms. The first-order valence-corrected chi connectivity index (χ1v) is 9.09. The maximum atomic E-state index is 12.8. The molecule has 24 heavy (non-hydrogen) atoms. The number of likely N-dealkylation sites (tertiary alicyclic amines) is 1. The lowest BCUT2D eigenvalue weighted by atomic mass is 9.92. The SMILES string of the molecule is O=C(CN1C(=O)CCc2ccccc21)N1CC[C@@H]2CNC[C@@H]2CC1. The Labute approximate surface area is 143 Å². The zero-order valence-electron chi connectivity index (χ0n) is 14.0. The number of rotatable bonds is 2. The van der Waals surface area contributed by atoms with Gasteiger partial charge in [0.25, 0.3) is 0 Å². The maximum Gasteiger partial charge on any atom is 0.242 e. The quantitative estimate of drug-likeness (QED) is 0.894. The first-order chi connectivity index (χ1) is 11.7. The fraction of sp³-hybridized carbons (Fsp3) is 0.579. The summed E-state index contributed by atoms with van der Waals surface area (Å²) >= 11 is 0. The monoisotopic (exact) mass is 327 g/mol. The van der Waals surface area contributed by atoms with Gasteiger partial charge in [0, 0.05) is 25.2 Å². The van der Waals surface area contributed by atoms with Gasteiger partial charge in [-0.1, -0.05) is 18.2 Å². The van der Waals surface area contributed by atoms with Crippen molar-refractivity contribution in [2.75, 3.05) is 37.6 Å². The molecule has 5 heteroatoms. The van der Waals surface area contributed by atoms with Crippen LogP contribution >= 0.6 is 0 Å². The smallest absolute Gasteiger partial charge is 0.242 e. The highest BCUT2D eigenvalue weighted by Gasteiger charge is 2.33. The molecule has 0 radical (unpaired) electrons. The van der Waals surface area contributed by atoms with Gasteiger partial charge in [-0.2, -0.15) is 0 Å². The van der Waals surface area contributed by atoms with Gasteiger partial charge >= 0.3 is 0 Å². The molecule has 3 aliphatic heterocycles. The van der Waals surface area contributed by atoms with Gasteiger partial charge in [0.1, 0.15) is 6.54 Å². The molecule has 2 amide bonds. The number of fused-ring (bicyclic) bond motifs is 2. The van der Waals surface area contributed by atoms with E-state index in [-0.39, 0.29) is 18.4 Å².